The van der Waals surface area contributed by atoms with Gasteiger partial charge in [0.2, 0.25) is 0 Å². The lowest BCUT2D eigenvalue weighted by atomic mass is 9.68. The first-order valence-electron chi connectivity index (χ1n) is 15.6. The van der Waals surface area contributed by atoms with Gasteiger partial charge in [-0.1, -0.05) is 91.0 Å². The summed E-state index contributed by atoms with van der Waals surface area (Å²) < 4.78 is 24.1. The van der Waals surface area contributed by atoms with Crippen molar-refractivity contribution in [3.63, 3.8) is 0 Å². The molecule has 1 atom stereocenters. The number of esters is 2. The minimum absolute atomic E-state index is 0.00850. The summed E-state index contributed by atoms with van der Waals surface area (Å²) in [5.74, 6) is -0.352. The molecule has 0 N–H and O–H groups in total. The second-order valence-corrected chi connectivity index (χ2v) is 11.9. The van der Waals surface area contributed by atoms with E-state index in [9.17, 15) is 14.4 Å². The summed E-state index contributed by atoms with van der Waals surface area (Å²) in [6.07, 6.45) is -0.109. The average Bonchev–Trinajstić information content (AvgIpc) is 3.46. The molecule has 0 radical (unpaired) electrons. The zero-order chi connectivity index (χ0) is 32.8. The first-order valence-corrected chi connectivity index (χ1v) is 15.6. The highest BCUT2D eigenvalue weighted by Gasteiger charge is 2.54. The molecule has 7 heteroatoms. The monoisotopic (exact) mass is 620 g/mol. The molecule has 0 spiro atoms. The minimum Gasteiger partial charge on any atom is -0.468 e. The first-order chi connectivity index (χ1) is 22.2. The van der Waals surface area contributed by atoms with Crippen molar-refractivity contribution in [3.8, 4) is 11.3 Å². The van der Waals surface area contributed by atoms with Gasteiger partial charge in [-0.2, -0.15) is 0 Å². The van der Waals surface area contributed by atoms with E-state index in [-0.39, 0.29) is 31.1 Å². The van der Waals surface area contributed by atoms with Crippen LogP contribution in [-0.4, -0.2) is 38.0 Å². The maximum atomic E-state index is 13.7. The van der Waals surface area contributed by atoms with Gasteiger partial charge in [0.25, 0.3) is 0 Å². The Labute approximate surface area is 270 Å². The Kier molecular flexibility index (Phi) is 10.0. The SMILES string of the molecule is COC(=O)C1(C(=O)OC)C/C(=C(/CCC(C)=O)c2ccccc2)c2c(oc(-c3ccccc3)c2[C@@H](OC(C)C)c2ccccc2)C1. The van der Waals surface area contributed by atoms with E-state index in [0.717, 1.165) is 39.0 Å². The first kappa shape index (κ1) is 32.6. The summed E-state index contributed by atoms with van der Waals surface area (Å²) in [5, 5.41) is 0. The van der Waals surface area contributed by atoms with E-state index < -0.39 is 23.5 Å². The molecule has 0 unspecified atom stereocenters. The van der Waals surface area contributed by atoms with E-state index in [0.29, 0.717) is 17.9 Å². The van der Waals surface area contributed by atoms with Crippen molar-refractivity contribution < 1.29 is 33.0 Å². The second kappa shape index (κ2) is 14.1. The van der Waals surface area contributed by atoms with Crippen molar-refractivity contribution in [3.05, 3.63) is 119 Å². The summed E-state index contributed by atoms with van der Waals surface area (Å²) in [6.45, 7) is 5.54. The van der Waals surface area contributed by atoms with Crippen LogP contribution in [0.2, 0.25) is 0 Å². The number of hydrogen-bond donors (Lipinski definition) is 0. The Morgan fingerprint density at radius 2 is 1.35 bits per heavy atom. The number of furan rings is 1. The van der Waals surface area contributed by atoms with Gasteiger partial charge in [0.1, 0.15) is 23.4 Å². The highest BCUT2D eigenvalue weighted by atomic mass is 16.5. The van der Waals surface area contributed by atoms with Crippen LogP contribution in [0.1, 0.15) is 74.2 Å². The molecule has 5 rings (SSSR count). The van der Waals surface area contributed by atoms with E-state index in [2.05, 4.69) is 0 Å². The van der Waals surface area contributed by atoms with E-state index >= 15 is 0 Å². The second-order valence-electron chi connectivity index (χ2n) is 11.9. The van der Waals surface area contributed by atoms with Gasteiger partial charge in [-0.05, 0) is 49.5 Å². The van der Waals surface area contributed by atoms with Gasteiger partial charge in [-0.3, -0.25) is 9.59 Å². The van der Waals surface area contributed by atoms with Crippen LogP contribution in [0.15, 0.2) is 95.4 Å². The molecule has 0 fully saturated rings. The van der Waals surface area contributed by atoms with E-state index in [1.54, 1.807) is 6.92 Å². The molecule has 0 bridgehead atoms. The predicted octanol–water partition coefficient (Wildman–Crippen LogP) is 8.02. The van der Waals surface area contributed by atoms with Crippen LogP contribution in [-0.2, 0) is 35.0 Å². The Hall–Kier alpha value is -4.75. The Balaban J connectivity index is 1.94. The lowest BCUT2D eigenvalue weighted by Crippen LogP contribution is -2.45. The molecule has 1 aliphatic rings. The number of ketones is 1. The number of methoxy groups -OCH3 is 2. The third-order valence-corrected chi connectivity index (χ3v) is 8.44. The van der Waals surface area contributed by atoms with Crippen LogP contribution in [0.3, 0.4) is 0 Å². The fourth-order valence-corrected chi connectivity index (χ4v) is 6.37. The van der Waals surface area contributed by atoms with Crippen LogP contribution in [0, 0.1) is 5.41 Å². The van der Waals surface area contributed by atoms with E-state index in [4.69, 9.17) is 18.6 Å². The number of ether oxygens (including phenoxy) is 3. The highest BCUT2D eigenvalue weighted by Crippen LogP contribution is 2.54. The maximum absolute atomic E-state index is 13.7. The molecule has 0 saturated carbocycles. The number of Topliss-reactive ketones (excluding diaryl/α,β-unsaturated/α-hetero) is 1. The Bertz CT molecular complexity index is 1700. The number of rotatable bonds is 11. The molecular formula is C39H40O7. The Morgan fingerprint density at radius 1 is 0.783 bits per heavy atom. The lowest BCUT2D eigenvalue weighted by molar-refractivity contribution is -0.169. The van der Waals surface area contributed by atoms with Gasteiger partial charge in [0.15, 0.2) is 5.41 Å². The van der Waals surface area contributed by atoms with Gasteiger partial charge in [-0.25, -0.2) is 0 Å². The lowest BCUT2D eigenvalue weighted by Gasteiger charge is -2.35. The number of hydrogen-bond acceptors (Lipinski definition) is 7. The molecule has 0 amide bonds. The number of carbonyl (C=O) groups is 3. The topological polar surface area (TPSA) is 92.0 Å². The summed E-state index contributed by atoms with van der Waals surface area (Å²) in [7, 11) is 2.54. The molecule has 238 valence electrons. The zero-order valence-electron chi connectivity index (χ0n) is 27.0. The molecule has 0 aliphatic heterocycles. The largest absolute Gasteiger partial charge is 0.468 e. The number of allylic oxidation sites excluding steroid dienone is 2. The average molecular weight is 621 g/mol. The molecule has 1 aromatic heterocycles. The zero-order valence-corrected chi connectivity index (χ0v) is 27.0. The number of benzene rings is 3. The summed E-state index contributed by atoms with van der Waals surface area (Å²) in [5.41, 5.74) is 4.07. The fourth-order valence-electron chi connectivity index (χ4n) is 6.37. The van der Waals surface area contributed by atoms with Gasteiger partial charge < -0.3 is 23.4 Å². The van der Waals surface area contributed by atoms with Crippen molar-refractivity contribution in [2.45, 2.75) is 58.7 Å². The fraction of sp³-hybridized carbons (Fsp3) is 0.308. The molecule has 46 heavy (non-hydrogen) atoms. The number of carbonyl (C=O) groups excluding carboxylic acids is 3. The van der Waals surface area contributed by atoms with Crippen molar-refractivity contribution in [1.29, 1.82) is 0 Å². The van der Waals surface area contributed by atoms with Gasteiger partial charge >= 0.3 is 11.9 Å². The molecule has 3 aromatic carbocycles. The third-order valence-electron chi connectivity index (χ3n) is 8.44. The quantitative estimate of drug-likeness (QED) is 0.124. The smallest absolute Gasteiger partial charge is 0.324 e. The minimum atomic E-state index is -1.70. The molecule has 1 heterocycles. The summed E-state index contributed by atoms with van der Waals surface area (Å²) in [6, 6.07) is 29.4. The molecule has 7 nitrogen and oxygen atoms in total. The van der Waals surface area contributed by atoms with Crippen LogP contribution < -0.4 is 0 Å². The van der Waals surface area contributed by atoms with Crippen LogP contribution >= 0.6 is 0 Å². The normalized spacial score (nSPS) is 15.5. The van der Waals surface area contributed by atoms with Gasteiger partial charge in [0, 0.05) is 36.0 Å². The van der Waals surface area contributed by atoms with Gasteiger partial charge in [0.05, 0.1) is 20.3 Å². The van der Waals surface area contributed by atoms with Crippen molar-refractivity contribution in [2.24, 2.45) is 5.41 Å². The van der Waals surface area contributed by atoms with Crippen molar-refractivity contribution >= 4 is 28.9 Å². The van der Waals surface area contributed by atoms with E-state index in [1.807, 2.05) is 105 Å². The van der Waals surface area contributed by atoms with Crippen molar-refractivity contribution in [2.75, 3.05) is 14.2 Å². The van der Waals surface area contributed by atoms with Crippen LogP contribution in [0.5, 0.6) is 0 Å². The highest BCUT2D eigenvalue weighted by molar-refractivity contribution is 6.06. The Morgan fingerprint density at radius 3 is 1.89 bits per heavy atom. The summed E-state index contributed by atoms with van der Waals surface area (Å²) in [4.78, 5) is 39.7. The van der Waals surface area contributed by atoms with Crippen LogP contribution in [0.4, 0.5) is 0 Å². The molecule has 4 aromatic rings. The standard InChI is InChI=1S/C39H40O7/c1-25(2)45-35(28-17-11-7-12-18-28)34-33-31(30(22-21-26(3)40)27-15-9-6-10-16-27)23-39(37(41)43-4,38(42)44-5)24-32(33)46-36(34)29-19-13-8-14-20-29/h6-20,25,35H,21-24H2,1-5H3/b31-30+/t35-/m0/s1. The summed E-state index contributed by atoms with van der Waals surface area (Å²) >= 11 is 0. The van der Waals surface area contributed by atoms with Crippen molar-refractivity contribution in [1.82, 2.24) is 0 Å². The molecule has 0 saturated heterocycles. The predicted molar refractivity (Wildman–Crippen MR) is 177 cm³/mol. The third kappa shape index (κ3) is 6.46. The molecule has 1 aliphatic carbocycles. The number of fused-ring (bicyclic) bond motifs is 1. The van der Waals surface area contributed by atoms with Gasteiger partial charge in [-0.15, -0.1) is 0 Å². The maximum Gasteiger partial charge on any atom is 0.324 e. The van der Waals surface area contributed by atoms with E-state index in [1.165, 1.54) is 14.2 Å². The van der Waals surface area contributed by atoms with Crippen LogP contribution in [0.25, 0.3) is 22.5 Å². The molecular weight excluding hydrogens is 580 g/mol.